The third-order valence-electron chi connectivity index (χ3n) is 8.73. The van der Waals surface area contributed by atoms with Gasteiger partial charge in [-0.3, -0.25) is 14.3 Å². The van der Waals surface area contributed by atoms with Gasteiger partial charge in [0.25, 0.3) is 5.78 Å². The van der Waals surface area contributed by atoms with Crippen LogP contribution in [0, 0.1) is 11.6 Å². The topological polar surface area (TPSA) is 106 Å². The van der Waals surface area contributed by atoms with Crippen molar-refractivity contribution < 1.29 is 13.5 Å². The van der Waals surface area contributed by atoms with Crippen molar-refractivity contribution in [2.75, 3.05) is 25.0 Å². The number of aromatic nitrogens is 7. The SMILES string of the molecule is Fc1c(-c2cccc3cccc(F)c23)ncc2c(NCc3nnc4ncccn34)nc(OCC34CCCN3CCC4)nc12. The van der Waals surface area contributed by atoms with E-state index in [2.05, 4.69) is 40.3 Å². The third-order valence-corrected chi connectivity index (χ3v) is 8.73. The van der Waals surface area contributed by atoms with E-state index in [-0.39, 0.29) is 29.3 Å². The fourth-order valence-corrected chi connectivity index (χ4v) is 6.65. The van der Waals surface area contributed by atoms with Crippen LogP contribution in [0.5, 0.6) is 6.01 Å². The smallest absolute Gasteiger partial charge is 0.319 e. The fraction of sp³-hybridized carbons (Fsp3) is 0.290. The Kier molecular flexibility index (Phi) is 6.10. The maximum atomic E-state index is 16.4. The molecule has 0 aliphatic carbocycles. The molecule has 0 atom stereocenters. The average Bonchev–Trinajstić information content (AvgIpc) is 3.74. The standard InChI is InChI=1S/C31H27F2N9O/c32-22-9-2-7-19-6-1-8-20(24(19)22)26-25(33)27-21(16-35-26)28(36-17-23-39-40-29-34-12-5-15-42(23)29)38-30(37-27)43-18-31-10-3-13-41(31)14-4-11-31/h1-2,5-9,12,15-16H,3-4,10-11,13-14,17-18H2,(H,36,37,38). The van der Waals surface area contributed by atoms with Crippen molar-refractivity contribution in [1.29, 1.82) is 0 Å². The predicted molar refractivity (Wildman–Crippen MR) is 157 cm³/mol. The van der Waals surface area contributed by atoms with E-state index in [0.29, 0.717) is 45.7 Å². The summed E-state index contributed by atoms with van der Waals surface area (Å²) in [6, 6.07) is 11.8. The Hall–Kier alpha value is -4.84. The zero-order valence-corrected chi connectivity index (χ0v) is 23.2. The number of fused-ring (bicyclic) bond motifs is 4. The molecule has 10 nitrogen and oxygen atoms in total. The molecule has 6 heterocycles. The van der Waals surface area contributed by atoms with Gasteiger partial charge < -0.3 is 10.1 Å². The van der Waals surface area contributed by atoms with E-state index in [9.17, 15) is 4.39 Å². The van der Waals surface area contributed by atoms with Gasteiger partial charge in [0.2, 0.25) is 0 Å². The number of rotatable bonds is 7. The molecule has 2 aromatic carbocycles. The summed E-state index contributed by atoms with van der Waals surface area (Å²) in [5.41, 5.74) is 0.344. The predicted octanol–water partition coefficient (Wildman–Crippen LogP) is 5.18. The zero-order valence-electron chi connectivity index (χ0n) is 23.2. The summed E-state index contributed by atoms with van der Waals surface area (Å²) in [4.78, 5) is 20.4. The van der Waals surface area contributed by atoms with Gasteiger partial charge in [-0.1, -0.05) is 30.3 Å². The van der Waals surface area contributed by atoms with Gasteiger partial charge >= 0.3 is 6.01 Å². The number of benzene rings is 2. The van der Waals surface area contributed by atoms with Crippen LogP contribution in [0.15, 0.2) is 61.1 Å². The van der Waals surface area contributed by atoms with E-state index >= 15 is 4.39 Å². The molecule has 2 aliphatic rings. The summed E-state index contributed by atoms with van der Waals surface area (Å²) >= 11 is 0. The van der Waals surface area contributed by atoms with Crippen LogP contribution < -0.4 is 10.1 Å². The molecule has 6 aromatic rings. The minimum atomic E-state index is -0.679. The number of hydrogen-bond acceptors (Lipinski definition) is 9. The molecule has 2 saturated heterocycles. The van der Waals surface area contributed by atoms with Crippen molar-refractivity contribution >= 4 is 33.3 Å². The Morgan fingerprint density at radius 1 is 0.953 bits per heavy atom. The normalized spacial score (nSPS) is 16.3. The number of ether oxygens (including phenoxy) is 1. The highest BCUT2D eigenvalue weighted by Crippen LogP contribution is 2.39. The molecule has 0 bridgehead atoms. The van der Waals surface area contributed by atoms with Crippen molar-refractivity contribution in [3.63, 3.8) is 0 Å². The van der Waals surface area contributed by atoms with Gasteiger partial charge in [-0.25, -0.2) is 13.8 Å². The highest BCUT2D eigenvalue weighted by molar-refractivity contribution is 5.99. The molecule has 8 rings (SSSR count). The first-order valence-electron chi connectivity index (χ1n) is 14.4. The minimum absolute atomic E-state index is 0.00433. The third kappa shape index (κ3) is 4.32. The van der Waals surface area contributed by atoms with Crippen LogP contribution in [0.3, 0.4) is 0 Å². The van der Waals surface area contributed by atoms with Gasteiger partial charge in [0.15, 0.2) is 11.6 Å². The Labute approximate surface area is 244 Å². The summed E-state index contributed by atoms with van der Waals surface area (Å²) < 4.78 is 39.4. The lowest BCUT2D eigenvalue weighted by Gasteiger charge is -2.31. The molecule has 0 radical (unpaired) electrons. The maximum Gasteiger partial charge on any atom is 0.319 e. The molecule has 0 spiro atoms. The summed E-state index contributed by atoms with van der Waals surface area (Å²) in [7, 11) is 0. The second-order valence-electron chi connectivity index (χ2n) is 11.1. The second kappa shape index (κ2) is 10.2. The molecule has 12 heteroatoms. The molecular weight excluding hydrogens is 552 g/mol. The van der Waals surface area contributed by atoms with Crippen molar-refractivity contribution in [2.24, 2.45) is 0 Å². The van der Waals surface area contributed by atoms with Crippen molar-refractivity contribution in [1.82, 2.24) is 39.4 Å². The van der Waals surface area contributed by atoms with Crippen molar-refractivity contribution in [2.45, 2.75) is 37.8 Å². The van der Waals surface area contributed by atoms with Gasteiger partial charge in [0.05, 0.1) is 17.5 Å². The van der Waals surface area contributed by atoms with Crippen molar-refractivity contribution in [3.8, 4) is 17.3 Å². The molecule has 2 aliphatic heterocycles. The Bertz CT molecular complexity index is 2000. The Morgan fingerprint density at radius 3 is 2.65 bits per heavy atom. The molecule has 43 heavy (non-hydrogen) atoms. The monoisotopic (exact) mass is 579 g/mol. The van der Waals surface area contributed by atoms with Crippen LogP contribution in [0.4, 0.5) is 14.6 Å². The quantitative estimate of drug-likeness (QED) is 0.274. The van der Waals surface area contributed by atoms with Gasteiger partial charge in [-0.2, -0.15) is 9.97 Å². The number of halogens is 2. The molecule has 0 amide bonds. The lowest BCUT2D eigenvalue weighted by Crippen LogP contribution is -2.43. The van der Waals surface area contributed by atoms with E-state index in [1.165, 1.54) is 12.3 Å². The Balaban J connectivity index is 1.22. The number of pyridine rings is 1. The summed E-state index contributed by atoms with van der Waals surface area (Å²) in [6.07, 6.45) is 9.33. The summed E-state index contributed by atoms with van der Waals surface area (Å²) in [6.45, 7) is 2.77. The first kappa shape index (κ1) is 25.8. The van der Waals surface area contributed by atoms with Crippen LogP contribution in [-0.4, -0.2) is 64.7 Å². The fourth-order valence-electron chi connectivity index (χ4n) is 6.65. The second-order valence-corrected chi connectivity index (χ2v) is 11.1. The number of hydrogen-bond donors (Lipinski definition) is 1. The summed E-state index contributed by atoms with van der Waals surface area (Å²) in [5, 5.41) is 12.9. The number of nitrogens with zero attached hydrogens (tertiary/aromatic N) is 8. The average molecular weight is 580 g/mol. The zero-order chi connectivity index (χ0) is 29.0. The number of nitrogens with one attached hydrogen (secondary N) is 1. The largest absolute Gasteiger partial charge is 0.461 e. The molecule has 0 saturated carbocycles. The Morgan fingerprint density at radius 2 is 1.79 bits per heavy atom. The van der Waals surface area contributed by atoms with Crippen LogP contribution >= 0.6 is 0 Å². The van der Waals surface area contributed by atoms with E-state index in [1.807, 2.05) is 6.20 Å². The van der Waals surface area contributed by atoms with E-state index in [4.69, 9.17) is 4.74 Å². The molecule has 216 valence electrons. The van der Waals surface area contributed by atoms with E-state index in [1.54, 1.807) is 47.0 Å². The highest BCUT2D eigenvalue weighted by Gasteiger charge is 2.45. The maximum absolute atomic E-state index is 16.4. The van der Waals surface area contributed by atoms with E-state index < -0.39 is 11.6 Å². The van der Waals surface area contributed by atoms with Crippen molar-refractivity contribution in [3.05, 3.63) is 78.5 Å². The van der Waals surface area contributed by atoms with E-state index in [0.717, 1.165) is 38.8 Å². The lowest BCUT2D eigenvalue weighted by atomic mass is 9.95. The van der Waals surface area contributed by atoms with Crippen LogP contribution in [0.2, 0.25) is 0 Å². The highest BCUT2D eigenvalue weighted by atomic mass is 19.1. The lowest BCUT2D eigenvalue weighted by molar-refractivity contribution is 0.108. The van der Waals surface area contributed by atoms with Crippen LogP contribution in [0.1, 0.15) is 31.5 Å². The van der Waals surface area contributed by atoms with Gasteiger partial charge in [-0.05, 0) is 56.3 Å². The van der Waals surface area contributed by atoms with Crippen LogP contribution in [0.25, 0.3) is 38.7 Å². The first-order valence-corrected chi connectivity index (χ1v) is 14.4. The van der Waals surface area contributed by atoms with Crippen LogP contribution in [-0.2, 0) is 6.54 Å². The molecular formula is C31H27F2N9O. The molecule has 2 fully saturated rings. The van der Waals surface area contributed by atoms with Gasteiger partial charge in [0, 0.05) is 29.5 Å². The molecule has 0 unspecified atom stereocenters. The van der Waals surface area contributed by atoms with Gasteiger partial charge in [0.1, 0.15) is 29.5 Å². The molecule has 4 aromatic heterocycles. The minimum Gasteiger partial charge on any atom is -0.461 e. The number of anilines is 1. The van der Waals surface area contributed by atoms with Gasteiger partial charge in [-0.15, -0.1) is 10.2 Å². The summed E-state index contributed by atoms with van der Waals surface area (Å²) in [5.74, 6) is 0.278. The first-order chi connectivity index (χ1) is 21.1. The molecule has 1 N–H and O–H groups in total.